The number of aliphatic hydroxyl groups excluding tert-OH is 2. The van der Waals surface area contributed by atoms with Crippen LogP contribution in [0.4, 0.5) is 0 Å². The van der Waals surface area contributed by atoms with Gasteiger partial charge in [-0.25, -0.2) is 0 Å². The standard InChI is InChI=1S/C22H44O4/c1-4-5-6-7-8-9-10-11-14-20(19(2)3)15-12-13-16-22(25)26-18-21(24)17-23/h19-21,23-24H,4-18H2,1-3H3. The molecular weight excluding hydrogens is 328 g/mol. The number of unbranched alkanes of at least 4 members (excludes halogenated alkanes) is 8. The van der Waals surface area contributed by atoms with Crippen LogP contribution in [-0.4, -0.2) is 35.5 Å². The van der Waals surface area contributed by atoms with Gasteiger partial charge in [-0.15, -0.1) is 0 Å². The first-order valence-corrected chi connectivity index (χ1v) is 11.0. The molecule has 4 heteroatoms. The largest absolute Gasteiger partial charge is 0.463 e. The Bertz CT molecular complexity index is 317. The summed E-state index contributed by atoms with van der Waals surface area (Å²) in [5.74, 6) is 1.18. The first-order chi connectivity index (χ1) is 12.5. The molecule has 0 aliphatic heterocycles. The average molecular weight is 373 g/mol. The Labute approximate surface area is 161 Å². The van der Waals surface area contributed by atoms with Gasteiger partial charge in [-0.2, -0.15) is 0 Å². The normalized spacial score (nSPS) is 13.8. The third kappa shape index (κ3) is 15.6. The van der Waals surface area contributed by atoms with Crippen molar-refractivity contribution in [3.8, 4) is 0 Å². The zero-order chi connectivity index (χ0) is 19.6. The quantitative estimate of drug-likeness (QED) is 0.255. The molecule has 0 spiro atoms. The molecule has 0 fully saturated rings. The van der Waals surface area contributed by atoms with Crippen molar-refractivity contribution < 1.29 is 19.7 Å². The number of aliphatic hydroxyl groups is 2. The maximum absolute atomic E-state index is 11.6. The van der Waals surface area contributed by atoms with E-state index in [1.807, 2.05) is 0 Å². The highest BCUT2D eigenvalue weighted by atomic mass is 16.5. The fourth-order valence-electron chi connectivity index (χ4n) is 3.34. The van der Waals surface area contributed by atoms with E-state index in [0.29, 0.717) is 12.3 Å². The Balaban J connectivity index is 3.68. The Morgan fingerprint density at radius 1 is 0.885 bits per heavy atom. The third-order valence-electron chi connectivity index (χ3n) is 5.22. The predicted octanol–water partition coefficient (Wildman–Crippen LogP) is 5.25. The van der Waals surface area contributed by atoms with Gasteiger partial charge in [0.25, 0.3) is 0 Å². The Morgan fingerprint density at radius 2 is 1.42 bits per heavy atom. The number of hydrogen-bond donors (Lipinski definition) is 2. The van der Waals surface area contributed by atoms with Gasteiger partial charge in [-0.1, -0.05) is 91.4 Å². The minimum Gasteiger partial charge on any atom is -0.463 e. The number of ether oxygens (including phenoxy) is 1. The molecule has 0 aromatic heterocycles. The summed E-state index contributed by atoms with van der Waals surface area (Å²) in [4.78, 5) is 11.6. The number of hydrogen-bond acceptors (Lipinski definition) is 4. The number of rotatable bonds is 18. The summed E-state index contributed by atoms with van der Waals surface area (Å²) in [6.45, 7) is 6.39. The molecule has 0 amide bonds. The van der Waals surface area contributed by atoms with E-state index < -0.39 is 6.10 Å². The second kappa shape index (κ2) is 17.8. The lowest BCUT2D eigenvalue weighted by molar-refractivity contribution is -0.147. The van der Waals surface area contributed by atoms with Gasteiger partial charge in [-0.05, 0) is 18.3 Å². The monoisotopic (exact) mass is 372 g/mol. The number of esters is 1. The minimum atomic E-state index is -0.962. The lowest BCUT2D eigenvalue weighted by atomic mass is 9.86. The molecule has 0 rings (SSSR count). The van der Waals surface area contributed by atoms with Crippen LogP contribution < -0.4 is 0 Å². The molecule has 0 bridgehead atoms. The van der Waals surface area contributed by atoms with E-state index in [2.05, 4.69) is 20.8 Å². The van der Waals surface area contributed by atoms with E-state index in [4.69, 9.17) is 14.9 Å². The van der Waals surface area contributed by atoms with Gasteiger partial charge in [0.2, 0.25) is 0 Å². The summed E-state index contributed by atoms with van der Waals surface area (Å²) in [5.41, 5.74) is 0. The summed E-state index contributed by atoms with van der Waals surface area (Å²) in [5, 5.41) is 17.8. The first kappa shape index (κ1) is 25.4. The molecular formula is C22H44O4. The fourth-order valence-corrected chi connectivity index (χ4v) is 3.34. The summed E-state index contributed by atoms with van der Waals surface area (Å²) >= 11 is 0. The zero-order valence-electron chi connectivity index (χ0n) is 17.5. The van der Waals surface area contributed by atoms with Crippen molar-refractivity contribution in [2.75, 3.05) is 13.2 Å². The third-order valence-corrected chi connectivity index (χ3v) is 5.22. The molecule has 0 aliphatic rings. The van der Waals surface area contributed by atoms with Crippen LogP contribution in [0.15, 0.2) is 0 Å². The topological polar surface area (TPSA) is 66.8 Å². The molecule has 26 heavy (non-hydrogen) atoms. The SMILES string of the molecule is CCCCCCCCCCC(CCCCC(=O)OCC(O)CO)C(C)C. The van der Waals surface area contributed by atoms with Crippen LogP contribution in [0.5, 0.6) is 0 Å². The van der Waals surface area contributed by atoms with Crippen molar-refractivity contribution in [2.45, 2.75) is 110 Å². The van der Waals surface area contributed by atoms with E-state index in [1.54, 1.807) is 0 Å². The Kier molecular flexibility index (Phi) is 17.4. The molecule has 0 aromatic carbocycles. The highest BCUT2D eigenvalue weighted by Gasteiger charge is 2.13. The molecule has 2 atom stereocenters. The van der Waals surface area contributed by atoms with E-state index in [0.717, 1.165) is 18.8 Å². The Hall–Kier alpha value is -0.610. The zero-order valence-corrected chi connectivity index (χ0v) is 17.5. The smallest absolute Gasteiger partial charge is 0.305 e. The molecule has 4 nitrogen and oxygen atoms in total. The maximum atomic E-state index is 11.6. The summed E-state index contributed by atoms with van der Waals surface area (Å²) in [6.07, 6.45) is 14.8. The van der Waals surface area contributed by atoms with Crippen LogP contribution in [0.1, 0.15) is 104 Å². The maximum Gasteiger partial charge on any atom is 0.305 e. The van der Waals surface area contributed by atoms with Gasteiger partial charge in [-0.3, -0.25) is 4.79 Å². The lowest BCUT2D eigenvalue weighted by Gasteiger charge is -2.20. The highest BCUT2D eigenvalue weighted by molar-refractivity contribution is 5.69. The average Bonchev–Trinajstić information content (AvgIpc) is 2.63. The van der Waals surface area contributed by atoms with Gasteiger partial charge in [0.1, 0.15) is 12.7 Å². The van der Waals surface area contributed by atoms with Crippen LogP contribution in [0.3, 0.4) is 0 Å². The van der Waals surface area contributed by atoms with Crippen LogP contribution in [0.2, 0.25) is 0 Å². The molecule has 0 heterocycles. The van der Waals surface area contributed by atoms with Crippen molar-refractivity contribution >= 4 is 5.97 Å². The molecule has 2 N–H and O–H groups in total. The number of carbonyl (C=O) groups is 1. The van der Waals surface area contributed by atoms with E-state index in [1.165, 1.54) is 64.2 Å². The molecule has 2 unspecified atom stereocenters. The van der Waals surface area contributed by atoms with Crippen LogP contribution >= 0.6 is 0 Å². The van der Waals surface area contributed by atoms with Gasteiger partial charge < -0.3 is 14.9 Å². The van der Waals surface area contributed by atoms with Gasteiger partial charge in [0, 0.05) is 6.42 Å². The highest BCUT2D eigenvalue weighted by Crippen LogP contribution is 2.25. The summed E-state index contributed by atoms with van der Waals surface area (Å²) in [6, 6.07) is 0. The van der Waals surface area contributed by atoms with Crippen molar-refractivity contribution in [2.24, 2.45) is 11.8 Å². The van der Waals surface area contributed by atoms with Crippen molar-refractivity contribution in [3.05, 3.63) is 0 Å². The molecule has 156 valence electrons. The van der Waals surface area contributed by atoms with Gasteiger partial charge >= 0.3 is 5.97 Å². The lowest BCUT2D eigenvalue weighted by Crippen LogP contribution is -2.21. The number of carbonyl (C=O) groups excluding carboxylic acids is 1. The molecule has 0 saturated carbocycles. The second-order valence-corrected chi connectivity index (χ2v) is 8.03. The van der Waals surface area contributed by atoms with E-state index >= 15 is 0 Å². The van der Waals surface area contributed by atoms with Crippen LogP contribution in [-0.2, 0) is 9.53 Å². The Morgan fingerprint density at radius 3 is 1.96 bits per heavy atom. The fraction of sp³-hybridized carbons (Fsp3) is 0.955. The predicted molar refractivity (Wildman–Crippen MR) is 108 cm³/mol. The van der Waals surface area contributed by atoms with Crippen LogP contribution in [0.25, 0.3) is 0 Å². The van der Waals surface area contributed by atoms with Gasteiger partial charge in [0.15, 0.2) is 0 Å². The second-order valence-electron chi connectivity index (χ2n) is 8.03. The van der Waals surface area contributed by atoms with Crippen LogP contribution in [0, 0.1) is 11.8 Å². The van der Waals surface area contributed by atoms with Crippen molar-refractivity contribution in [3.63, 3.8) is 0 Å². The van der Waals surface area contributed by atoms with Crippen molar-refractivity contribution in [1.29, 1.82) is 0 Å². The van der Waals surface area contributed by atoms with Crippen molar-refractivity contribution in [1.82, 2.24) is 0 Å². The summed E-state index contributed by atoms with van der Waals surface area (Å²) < 4.78 is 4.93. The molecule has 0 aromatic rings. The van der Waals surface area contributed by atoms with E-state index in [-0.39, 0.29) is 19.2 Å². The first-order valence-electron chi connectivity index (χ1n) is 11.0. The molecule has 0 radical (unpaired) electrons. The van der Waals surface area contributed by atoms with E-state index in [9.17, 15) is 4.79 Å². The minimum absolute atomic E-state index is 0.109. The molecule has 0 aliphatic carbocycles. The summed E-state index contributed by atoms with van der Waals surface area (Å²) in [7, 11) is 0. The molecule has 0 saturated heterocycles. The van der Waals surface area contributed by atoms with Gasteiger partial charge in [0.05, 0.1) is 6.61 Å².